The summed E-state index contributed by atoms with van der Waals surface area (Å²) in [6, 6.07) is 37.0. The summed E-state index contributed by atoms with van der Waals surface area (Å²) < 4.78 is 6.25. The molecule has 0 spiro atoms. The summed E-state index contributed by atoms with van der Waals surface area (Å²) in [6.45, 7) is 0. The molecule has 0 aliphatic rings. The lowest BCUT2D eigenvalue weighted by Crippen LogP contribution is -2.05. The Bertz CT molecular complexity index is 1570. The standard InChI is InChI=1S/C30H22Br2N6S2/c31-23-15-11-21(12-16-23)19-39-29-35-33-27(37(29)25-7-3-1-4-8-25)28-34-36-30(38(28)26-9-5-2-6-10-26)40-20-22-13-17-24(32)18-14-22/h1-18H,19-20H2. The third-order valence-corrected chi connectivity index (χ3v) is 9.12. The third-order valence-electron chi connectivity index (χ3n) is 6.06. The lowest BCUT2D eigenvalue weighted by atomic mass is 10.2. The number of benzene rings is 4. The first kappa shape index (κ1) is 27.0. The quantitative estimate of drug-likeness (QED) is 0.142. The van der Waals surface area contributed by atoms with Gasteiger partial charge in [0.25, 0.3) is 0 Å². The molecule has 0 N–H and O–H groups in total. The zero-order chi connectivity index (χ0) is 27.3. The monoisotopic (exact) mass is 688 g/mol. The summed E-state index contributed by atoms with van der Waals surface area (Å²) in [6.07, 6.45) is 0. The van der Waals surface area contributed by atoms with Gasteiger partial charge in [-0.05, 0) is 59.7 Å². The van der Waals surface area contributed by atoms with E-state index in [0.29, 0.717) is 11.6 Å². The van der Waals surface area contributed by atoms with Crippen molar-refractivity contribution in [1.29, 1.82) is 0 Å². The molecule has 0 saturated carbocycles. The van der Waals surface area contributed by atoms with Crippen molar-refractivity contribution in [1.82, 2.24) is 29.5 Å². The summed E-state index contributed by atoms with van der Waals surface area (Å²) >= 11 is 10.3. The van der Waals surface area contributed by atoms with Crippen LogP contribution in [0.1, 0.15) is 11.1 Å². The predicted octanol–water partition coefficient (Wildman–Crippen LogP) is 8.62. The Morgan fingerprint density at radius 1 is 0.475 bits per heavy atom. The van der Waals surface area contributed by atoms with Gasteiger partial charge < -0.3 is 0 Å². The van der Waals surface area contributed by atoms with E-state index in [1.807, 2.05) is 36.4 Å². The molecule has 6 rings (SSSR count). The van der Waals surface area contributed by atoms with Crippen LogP contribution in [0.3, 0.4) is 0 Å². The van der Waals surface area contributed by atoms with Crippen molar-refractivity contribution in [2.45, 2.75) is 21.8 Å². The minimum Gasteiger partial charge on any atom is -0.267 e. The van der Waals surface area contributed by atoms with E-state index in [9.17, 15) is 0 Å². The van der Waals surface area contributed by atoms with Crippen molar-refractivity contribution in [3.05, 3.63) is 129 Å². The number of halogens is 2. The minimum absolute atomic E-state index is 0.636. The van der Waals surface area contributed by atoms with E-state index < -0.39 is 0 Å². The summed E-state index contributed by atoms with van der Waals surface area (Å²) in [4.78, 5) is 0. The highest BCUT2D eigenvalue weighted by Crippen LogP contribution is 2.33. The molecule has 0 amide bonds. The second-order valence-corrected chi connectivity index (χ2v) is 12.5. The van der Waals surface area contributed by atoms with Gasteiger partial charge in [-0.2, -0.15) is 0 Å². The van der Waals surface area contributed by atoms with Gasteiger partial charge >= 0.3 is 0 Å². The molecule has 4 aromatic carbocycles. The molecule has 0 bridgehead atoms. The van der Waals surface area contributed by atoms with Crippen molar-refractivity contribution >= 4 is 55.4 Å². The minimum atomic E-state index is 0.636. The molecule has 40 heavy (non-hydrogen) atoms. The lowest BCUT2D eigenvalue weighted by Gasteiger charge is -2.12. The largest absolute Gasteiger partial charge is 0.267 e. The van der Waals surface area contributed by atoms with Crippen LogP contribution in [0.4, 0.5) is 0 Å². The Morgan fingerprint density at radius 3 is 1.23 bits per heavy atom. The Balaban J connectivity index is 1.40. The fraction of sp³-hybridized carbons (Fsp3) is 0.0667. The molecule has 2 aromatic heterocycles. The van der Waals surface area contributed by atoms with Gasteiger partial charge in [-0.3, -0.25) is 9.13 Å². The van der Waals surface area contributed by atoms with Gasteiger partial charge in [0.2, 0.25) is 11.6 Å². The van der Waals surface area contributed by atoms with Crippen LogP contribution in [0, 0.1) is 0 Å². The maximum atomic E-state index is 4.66. The van der Waals surface area contributed by atoms with E-state index >= 15 is 0 Å². The van der Waals surface area contributed by atoms with Crippen LogP contribution in [-0.2, 0) is 11.5 Å². The van der Waals surface area contributed by atoms with E-state index in [4.69, 9.17) is 0 Å². The van der Waals surface area contributed by atoms with E-state index in [1.165, 1.54) is 11.1 Å². The summed E-state index contributed by atoms with van der Waals surface area (Å²) in [7, 11) is 0. The van der Waals surface area contributed by atoms with E-state index in [1.54, 1.807) is 23.5 Å². The second-order valence-electron chi connectivity index (χ2n) is 8.78. The van der Waals surface area contributed by atoms with Crippen LogP contribution < -0.4 is 0 Å². The molecule has 0 aliphatic heterocycles. The maximum absolute atomic E-state index is 4.66. The van der Waals surface area contributed by atoms with Gasteiger partial charge in [0.05, 0.1) is 0 Å². The van der Waals surface area contributed by atoms with Gasteiger partial charge in [0.1, 0.15) is 0 Å². The van der Waals surface area contributed by atoms with Gasteiger partial charge in [0.15, 0.2) is 10.3 Å². The molecule has 198 valence electrons. The average Bonchev–Trinajstić information content (AvgIpc) is 3.61. The number of para-hydroxylation sites is 2. The predicted molar refractivity (Wildman–Crippen MR) is 169 cm³/mol. The number of hydrogen-bond acceptors (Lipinski definition) is 6. The summed E-state index contributed by atoms with van der Waals surface area (Å²) in [5.41, 5.74) is 4.34. The van der Waals surface area contributed by atoms with Gasteiger partial charge in [-0.15, -0.1) is 20.4 Å². The zero-order valence-corrected chi connectivity index (χ0v) is 25.9. The van der Waals surface area contributed by atoms with Crippen LogP contribution >= 0.6 is 55.4 Å². The van der Waals surface area contributed by atoms with Crippen LogP contribution in [0.5, 0.6) is 0 Å². The summed E-state index contributed by atoms with van der Waals surface area (Å²) in [5, 5.41) is 20.1. The molecule has 0 unspecified atom stereocenters. The third kappa shape index (κ3) is 6.10. The molecular weight excluding hydrogens is 668 g/mol. The Morgan fingerprint density at radius 2 is 0.850 bits per heavy atom. The van der Waals surface area contributed by atoms with Gasteiger partial charge in [-0.1, -0.05) is 116 Å². The van der Waals surface area contributed by atoms with E-state index in [0.717, 1.165) is 42.1 Å². The Labute approximate surface area is 257 Å². The summed E-state index contributed by atoms with van der Waals surface area (Å²) in [5.74, 6) is 2.79. The normalized spacial score (nSPS) is 11.2. The molecule has 0 aliphatic carbocycles. The molecule has 10 heteroatoms. The van der Waals surface area contributed by atoms with Crippen molar-refractivity contribution < 1.29 is 0 Å². The highest BCUT2D eigenvalue weighted by atomic mass is 79.9. The fourth-order valence-electron chi connectivity index (χ4n) is 4.09. The van der Waals surface area contributed by atoms with Crippen LogP contribution in [0.15, 0.2) is 128 Å². The van der Waals surface area contributed by atoms with Crippen LogP contribution in [-0.4, -0.2) is 29.5 Å². The van der Waals surface area contributed by atoms with E-state index in [-0.39, 0.29) is 0 Å². The SMILES string of the molecule is Brc1ccc(CSc2nnc(-c3nnc(SCc4ccc(Br)cc4)n3-c3ccccc3)n2-c2ccccc2)cc1. The number of nitrogens with zero attached hydrogens (tertiary/aromatic N) is 6. The van der Waals surface area contributed by atoms with Gasteiger partial charge in [-0.25, -0.2) is 0 Å². The number of rotatable bonds is 9. The maximum Gasteiger partial charge on any atom is 0.207 e. The molecule has 2 heterocycles. The highest BCUT2D eigenvalue weighted by Gasteiger charge is 2.24. The van der Waals surface area contributed by atoms with Gasteiger partial charge in [0, 0.05) is 31.8 Å². The zero-order valence-electron chi connectivity index (χ0n) is 21.1. The van der Waals surface area contributed by atoms with Crippen molar-refractivity contribution in [3.63, 3.8) is 0 Å². The number of hydrogen-bond donors (Lipinski definition) is 0. The second kappa shape index (κ2) is 12.6. The average molecular weight is 690 g/mol. The Kier molecular flexibility index (Phi) is 8.48. The molecule has 6 nitrogen and oxygen atoms in total. The number of thioether (sulfide) groups is 2. The molecule has 0 saturated heterocycles. The smallest absolute Gasteiger partial charge is 0.207 e. The Hall–Kier alpha value is -3.18. The molecule has 0 atom stereocenters. The topological polar surface area (TPSA) is 61.4 Å². The lowest BCUT2D eigenvalue weighted by molar-refractivity contribution is 0.869. The van der Waals surface area contributed by atoms with E-state index in [2.05, 4.69) is 134 Å². The van der Waals surface area contributed by atoms with Crippen molar-refractivity contribution in [2.24, 2.45) is 0 Å². The first-order chi connectivity index (χ1) is 19.7. The molecule has 0 radical (unpaired) electrons. The number of aromatic nitrogens is 6. The first-order valence-electron chi connectivity index (χ1n) is 12.4. The highest BCUT2D eigenvalue weighted by molar-refractivity contribution is 9.10. The molecule has 0 fully saturated rings. The van der Waals surface area contributed by atoms with Crippen molar-refractivity contribution in [3.8, 4) is 23.0 Å². The molecular formula is C30H22Br2N6S2. The molecule has 6 aromatic rings. The van der Waals surface area contributed by atoms with Crippen LogP contribution in [0.25, 0.3) is 23.0 Å². The van der Waals surface area contributed by atoms with Crippen LogP contribution in [0.2, 0.25) is 0 Å². The fourth-order valence-corrected chi connectivity index (χ4v) is 6.44. The van der Waals surface area contributed by atoms with Crippen molar-refractivity contribution in [2.75, 3.05) is 0 Å². The first-order valence-corrected chi connectivity index (χ1v) is 16.0.